The van der Waals surface area contributed by atoms with Gasteiger partial charge in [-0.1, -0.05) is 0 Å². The maximum absolute atomic E-state index is 10.8. The molecule has 0 spiro atoms. The molecule has 25 heavy (non-hydrogen) atoms. The Labute approximate surface area is 147 Å². The predicted molar refractivity (Wildman–Crippen MR) is 93.0 cm³/mol. The smallest absolute Gasteiger partial charge is 0.303 e. The van der Waals surface area contributed by atoms with Gasteiger partial charge >= 0.3 is 5.97 Å². The second-order valence-corrected chi connectivity index (χ2v) is 6.56. The number of carbonyl (C=O) groups is 1. The fourth-order valence-electron chi connectivity index (χ4n) is 3.43. The SMILES string of the molecule is CCn1cc(CN2CCCC2c2cc(CCC(=O)O)nc(C)n2)cn1. The summed E-state index contributed by atoms with van der Waals surface area (Å²) in [6.45, 7) is 6.73. The molecule has 0 radical (unpaired) electrons. The van der Waals surface area contributed by atoms with E-state index in [1.54, 1.807) is 0 Å². The minimum absolute atomic E-state index is 0.0977. The number of likely N-dealkylation sites (tertiary alicyclic amines) is 1. The van der Waals surface area contributed by atoms with E-state index < -0.39 is 5.97 Å². The Hall–Kier alpha value is -2.28. The molecule has 134 valence electrons. The lowest BCUT2D eigenvalue weighted by Crippen LogP contribution is -2.24. The Kier molecular flexibility index (Phi) is 5.43. The number of hydrogen-bond donors (Lipinski definition) is 1. The summed E-state index contributed by atoms with van der Waals surface area (Å²) in [5.41, 5.74) is 3.04. The van der Waals surface area contributed by atoms with E-state index in [1.807, 2.05) is 23.9 Å². The van der Waals surface area contributed by atoms with Crippen molar-refractivity contribution in [2.24, 2.45) is 0 Å². The number of rotatable bonds is 7. The molecule has 0 aliphatic carbocycles. The molecule has 0 saturated carbocycles. The maximum Gasteiger partial charge on any atom is 0.303 e. The zero-order valence-electron chi connectivity index (χ0n) is 14.9. The number of aromatic nitrogens is 4. The second kappa shape index (κ2) is 7.74. The van der Waals surface area contributed by atoms with Crippen molar-refractivity contribution in [2.45, 2.75) is 58.7 Å². The quantitative estimate of drug-likeness (QED) is 0.831. The molecule has 1 atom stereocenters. The number of carboxylic acid groups (broad SMARTS) is 1. The molecule has 0 aromatic carbocycles. The van der Waals surface area contributed by atoms with Crippen molar-refractivity contribution in [3.05, 3.63) is 41.2 Å². The second-order valence-electron chi connectivity index (χ2n) is 6.56. The van der Waals surface area contributed by atoms with E-state index in [0.717, 1.165) is 43.9 Å². The summed E-state index contributed by atoms with van der Waals surface area (Å²) in [7, 11) is 0. The van der Waals surface area contributed by atoms with Crippen LogP contribution in [0.3, 0.4) is 0 Å². The van der Waals surface area contributed by atoms with Crippen LogP contribution >= 0.6 is 0 Å². The van der Waals surface area contributed by atoms with Gasteiger partial charge in [-0.15, -0.1) is 0 Å². The van der Waals surface area contributed by atoms with Gasteiger partial charge in [0.15, 0.2) is 0 Å². The zero-order valence-corrected chi connectivity index (χ0v) is 14.9. The summed E-state index contributed by atoms with van der Waals surface area (Å²) in [5.74, 6) is -0.0863. The first-order chi connectivity index (χ1) is 12.0. The van der Waals surface area contributed by atoms with Crippen molar-refractivity contribution in [2.75, 3.05) is 6.54 Å². The van der Waals surface area contributed by atoms with Gasteiger partial charge in [0.2, 0.25) is 0 Å². The summed E-state index contributed by atoms with van der Waals surface area (Å²) in [6, 6.07) is 2.24. The Morgan fingerprint density at radius 3 is 2.96 bits per heavy atom. The summed E-state index contributed by atoms with van der Waals surface area (Å²) in [5, 5.41) is 13.2. The van der Waals surface area contributed by atoms with E-state index in [1.165, 1.54) is 5.56 Å². The molecule has 1 unspecified atom stereocenters. The van der Waals surface area contributed by atoms with Crippen LogP contribution in [0.4, 0.5) is 0 Å². The molecule has 2 aromatic heterocycles. The van der Waals surface area contributed by atoms with Crippen molar-refractivity contribution in [1.82, 2.24) is 24.6 Å². The summed E-state index contributed by atoms with van der Waals surface area (Å²) >= 11 is 0. The number of nitrogens with zero attached hydrogens (tertiary/aromatic N) is 5. The lowest BCUT2D eigenvalue weighted by atomic mass is 10.1. The zero-order chi connectivity index (χ0) is 17.8. The first kappa shape index (κ1) is 17.5. The molecule has 0 amide bonds. The molecule has 2 aromatic rings. The van der Waals surface area contributed by atoms with E-state index in [9.17, 15) is 4.79 Å². The van der Waals surface area contributed by atoms with Gasteiger partial charge < -0.3 is 5.11 Å². The number of aliphatic carboxylic acids is 1. The van der Waals surface area contributed by atoms with Crippen molar-refractivity contribution < 1.29 is 9.90 Å². The molecule has 1 N–H and O–H groups in total. The highest BCUT2D eigenvalue weighted by atomic mass is 16.4. The van der Waals surface area contributed by atoms with Crippen LogP contribution in [0.1, 0.15) is 55.0 Å². The van der Waals surface area contributed by atoms with Crippen LogP contribution in [-0.2, 0) is 24.3 Å². The van der Waals surface area contributed by atoms with E-state index in [0.29, 0.717) is 12.2 Å². The molecule has 3 heterocycles. The van der Waals surface area contributed by atoms with Crippen LogP contribution in [-0.4, -0.2) is 42.3 Å². The lowest BCUT2D eigenvalue weighted by Gasteiger charge is -2.24. The lowest BCUT2D eigenvalue weighted by molar-refractivity contribution is -0.136. The molecule has 1 saturated heterocycles. The number of carboxylic acids is 1. The van der Waals surface area contributed by atoms with Crippen LogP contribution in [0.5, 0.6) is 0 Å². The molecule has 7 heteroatoms. The average molecular weight is 343 g/mol. The fraction of sp³-hybridized carbons (Fsp3) is 0.556. The minimum Gasteiger partial charge on any atom is -0.481 e. The van der Waals surface area contributed by atoms with Crippen molar-refractivity contribution in [3.8, 4) is 0 Å². The molecule has 1 fully saturated rings. The molecule has 1 aliphatic heterocycles. The molecule has 3 rings (SSSR count). The van der Waals surface area contributed by atoms with Crippen molar-refractivity contribution >= 4 is 5.97 Å². The van der Waals surface area contributed by atoms with Gasteiger partial charge in [0.1, 0.15) is 5.82 Å². The topological polar surface area (TPSA) is 84.1 Å². The van der Waals surface area contributed by atoms with Gasteiger partial charge in [0.05, 0.1) is 24.4 Å². The molecule has 1 aliphatic rings. The normalized spacial score (nSPS) is 17.9. The first-order valence-corrected chi connectivity index (χ1v) is 8.86. The van der Waals surface area contributed by atoms with Crippen molar-refractivity contribution in [1.29, 1.82) is 0 Å². The van der Waals surface area contributed by atoms with E-state index >= 15 is 0 Å². The van der Waals surface area contributed by atoms with Gasteiger partial charge in [-0.25, -0.2) is 9.97 Å². The Bertz CT molecular complexity index is 743. The third kappa shape index (κ3) is 4.42. The summed E-state index contributed by atoms with van der Waals surface area (Å²) in [6.07, 6.45) is 6.78. The predicted octanol–water partition coefficient (Wildman–Crippen LogP) is 2.36. The molecular formula is C18H25N5O2. The summed E-state index contributed by atoms with van der Waals surface area (Å²) < 4.78 is 1.94. The molecular weight excluding hydrogens is 318 g/mol. The van der Waals surface area contributed by atoms with Gasteiger partial charge in [0.25, 0.3) is 0 Å². The van der Waals surface area contributed by atoms with Crippen LogP contribution in [0, 0.1) is 6.92 Å². The van der Waals surface area contributed by atoms with Crippen LogP contribution in [0.2, 0.25) is 0 Å². The van der Waals surface area contributed by atoms with Crippen LogP contribution in [0.15, 0.2) is 18.5 Å². The average Bonchev–Trinajstić information content (AvgIpc) is 3.22. The van der Waals surface area contributed by atoms with Gasteiger partial charge in [0, 0.05) is 37.0 Å². The molecule has 0 bridgehead atoms. The first-order valence-electron chi connectivity index (χ1n) is 8.86. The number of hydrogen-bond acceptors (Lipinski definition) is 5. The Morgan fingerprint density at radius 2 is 2.24 bits per heavy atom. The van der Waals surface area contributed by atoms with E-state index in [-0.39, 0.29) is 12.5 Å². The summed E-state index contributed by atoms with van der Waals surface area (Å²) in [4.78, 5) is 22.3. The third-order valence-electron chi connectivity index (χ3n) is 4.61. The van der Waals surface area contributed by atoms with Gasteiger partial charge in [-0.3, -0.25) is 14.4 Å². The van der Waals surface area contributed by atoms with E-state index in [4.69, 9.17) is 5.11 Å². The van der Waals surface area contributed by atoms with Crippen LogP contribution < -0.4 is 0 Å². The highest BCUT2D eigenvalue weighted by Gasteiger charge is 2.28. The highest BCUT2D eigenvalue weighted by molar-refractivity contribution is 5.66. The van der Waals surface area contributed by atoms with Gasteiger partial charge in [-0.2, -0.15) is 5.10 Å². The van der Waals surface area contributed by atoms with Crippen molar-refractivity contribution in [3.63, 3.8) is 0 Å². The fourth-order valence-corrected chi connectivity index (χ4v) is 3.43. The largest absolute Gasteiger partial charge is 0.481 e. The van der Waals surface area contributed by atoms with Gasteiger partial charge in [-0.05, 0) is 39.3 Å². The highest BCUT2D eigenvalue weighted by Crippen LogP contribution is 2.32. The van der Waals surface area contributed by atoms with E-state index in [2.05, 4.69) is 33.1 Å². The third-order valence-corrected chi connectivity index (χ3v) is 4.61. The monoisotopic (exact) mass is 343 g/mol. The number of aryl methyl sites for hydroxylation is 3. The van der Waals surface area contributed by atoms with Crippen LogP contribution in [0.25, 0.3) is 0 Å². The minimum atomic E-state index is -0.798. The molecule has 7 nitrogen and oxygen atoms in total. The maximum atomic E-state index is 10.8. The Balaban J connectivity index is 1.75. The standard InChI is InChI=1S/C18H25N5O2/c1-3-23-12-14(10-19-23)11-22-8-4-5-17(22)16-9-15(6-7-18(24)25)20-13(2)21-16/h9-10,12,17H,3-8,11H2,1-2H3,(H,24,25). The Morgan fingerprint density at radius 1 is 1.40 bits per heavy atom.